The van der Waals surface area contributed by atoms with Crippen molar-refractivity contribution in [2.24, 2.45) is 11.8 Å². The molecule has 1 N–H and O–H groups in total. The van der Waals surface area contributed by atoms with Gasteiger partial charge in [-0.25, -0.2) is 8.78 Å². The van der Waals surface area contributed by atoms with Crippen molar-refractivity contribution in [3.05, 3.63) is 34.9 Å². The fourth-order valence-corrected chi connectivity index (χ4v) is 3.37. The Labute approximate surface area is 127 Å². The zero-order valence-corrected chi connectivity index (χ0v) is 13.4. The number of hydrogen-bond acceptors (Lipinski definition) is 1. The summed E-state index contributed by atoms with van der Waals surface area (Å²) < 4.78 is 27.8. The van der Waals surface area contributed by atoms with E-state index in [2.05, 4.69) is 19.2 Å². The highest BCUT2D eigenvalue weighted by Crippen LogP contribution is 2.38. The number of nitrogens with one attached hydrogen (secondary N) is 1. The Morgan fingerprint density at radius 3 is 2.43 bits per heavy atom. The number of hydrogen-bond donors (Lipinski definition) is 1. The summed E-state index contributed by atoms with van der Waals surface area (Å²) in [6.07, 6.45) is 5.67. The Bertz CT molecular complexity index is 465. The monoisotopic (exact) mass is 295 g/mol. The summed E-state index contributed by atoms with van der Waals surface area (Å²) >= 11 is 0. The fourth-order valence-electron chi connectivity index (χ4n) is 3.37. The van der Waals surface area contributed by atoms with Gasteiger partial charge in [0.2, 0.25) is 0 Å². The van der Waals surface area contributed by atoms with Gasteiger partial charge in [0.05, 0.1) is 0 Å². The largest absolute Gasteiger partial charge is 0.310 e. The molecule has 0 aliphatic heterocycles. The van der Waals surface area contributed by atoms with Crippen molar-refractivity contribution < 1.29 is 8.78 Å². The number of rotatable bonds is 5. The first kappa shape index (κ1) is 16.4. The molecule has 0 amide bonds. The molecule has 0 bridgehead atoms. The number of halogens is 2. The molecule has 1 nitrogen and oxygen atoms in total. The van der Waals surface area contributed by atoms with Gasteiger partial charge in [-0.2, -0.15) is 0 Å². The van der Waals surface area contributed by atoms with Crippen LogP contribution in [0.5, 0.6) is 0 Å². The predicted octanol–water partition coefficient (Wildman–Crippen LogP) is 5.14. The van der Waals surface area contributed by atoms with Gasteiger partial charge in [-0.15, -0.1) is 0 Å². The molecule has 1 saturated carbocycles. The molecule has 0 heterocycles. The standard InChI is InChI=1S/C18H27F2N/c1-4-9-21-18(14-7-5-12(2)6-8-14)15-10-13(3)16(19)11-17(15)20/h10-12,14,18,21H,4-9H2,1-3H3. The van der Waals surface area contributed by atoms with Crippen LogP contribution in [0.2, 0.25) is 0 Å². The molecule has 1 aromatic carbocycles. The maximum atomic E-state index is 14.3. The molecule has 118 valence electrons. The van der Waals surface area contributed by atoms with Crippen LogP contribution in [0.15, 0.2) is 12.1 Å². The third-order valence-corrected chi connectivity index (χ3v) is 4.76. The Morgan fingerprint density at radius 2 is 1.81 bits per heavy atom. The molecule has 0 spiro atoms. The van der Waals surface area contributed by atoms with E-state index in [1.54, 1.807) is 13.0 Å². The van der Waals surface area contributed by atoms with E-state index in [4.69, 9.17) is 0 Å². The third-order valence-electron chi connectivity index (χ3n) is 4.76. The van der Waals surface area contributed by atoms with Gasteiger partial charge < -0.3 is 5.32 Å². The van der Waals surface area contributed by atoms with Crippen LogP contribution in [-0.4, -0.2) is 6.54 Å². The van der Waals surface area contributed by atoms with E-state index in [-0.39, 0.29) is 6.04 Å². The third kappa shape index (κ3) is 4.03. The Morgan fingerprint density at radius 1 is 1.14 bits per heavy atom. The van der Waals surface area contributed by atoms with Crippen LogP contribution in [0.1, 0.15) is 63.1 Å². The van der Waals surface area contributed by atoms with Crippen LogP contribution in [0, 0.1) is 30.4 Å². The van der Waals surface area contributed by atoms with E-state index in [1.165, 1.54) is 12.8 Å². The highest BCUT2D eigenvalue weighted by molar-refractivity contribution is 5.29. The summed E-state index contributed by atoms with van der Waals surface area (Å²) in [5.74, 6) is 0.355. The average Bonchev–Trinajstić information content (AvgIpc) is 2.46. The lowest BCUT2D eigenvalue weighted by molar-refractivity contribution is 0.228. The minimum Gasteiger partial charge on any atom is -0.310 e. The molecular formula is C18H27F2N. The second-order valence-corrected chi connectivity index (χ2v) is 6.57. The molecule has 0 radical (unpaired) electrons. The summed E-state index contributed by atoms with van der Waals surface area (Å²) in [6.45, 7) is 6.97. The predicted molar refractivity (Wildman–Crippen MR) is 83.3 cm³/mol. The van der Waals surface area contributed by atoms with Crippen molar-refractivity contribution >= 4 is 0 Å². The second kappa shape index (κ2) is 7.35. The van der Waals surface area contributed by atoms with Crippen LogP contribution in [0.25, 0.3) is 0 Å². The van der Waals surface area contributed by atoms with Gasteiger partial charge in [-0.1, -0.05) is 26.7 Å². The van der Waals surface area contributed by atoms with E-state index in [0.29, 0.717) is 17.0 Å². The summed E-state index contributed by atoms with van der Waals surface area (Å²) in [4.78, 5) is 0. The first-order valence-electron chi connectivity index (χ1n) is 8.21. The van der Waals surface area contributed by atoms with Crippen LogP contribution < -0.4 is 5.32 Å². The molecule has 0 aromatic heterocycles. The van der Waals surface area contributed by atoms with E-state index < -0.39 is 11.6 Å². The molecule has 1 aromatic rings. The zero-order valence-electron chi connectivity index (χ0n) is 13.4. The first-order valence-corrected chi connectivity index (χ1v) is 8.21. The van der Waals surface area contributed by atoms with Gasteiger partial charge in [0.1, 0.15) is 11.6 Å². The van der Waals surface area contributed by atoms with E-state index in [9.17, 15) is 8.78 Å². The number of benzene rings is 1. The van der Waals surface area contributed by atoms with Crippen LogP contribution in [0.3, 0.4) is 0 Å². The highest BCUT2D eigenvalue weighted by Gasteiger charge is 2.29. The van der Waals surface area contributed by atoms with Gasteiger partial charge in [-0.05, 0) is 56.2 Å². The van der Waals surface area contributed by atoms with Crippen LogP contribution in [-0.2, 0) is 0 Å². The van der Waals surface area contributed by atoms with Gasteiger partial charge in [0, 0.05) is 17.7 Å². The van der Waals surface area contributed by atoms with Crippen molar-refractivity contribution in [2.75, 3.05) is 6.54 Å². The maximum absolute atomic E-state index is 14.3. The lowest BCUT2D eigenvalue weighted by Crippen LogP contribution is -2.32. The minimum atomic E-state index is -0.456. The Kier molecular flexibility index (Phi) is 5.74. The molecule has 0 saturated heterocycles. The lowest BCUT2D eigenvalue weighted by atomic mass is 9.77. The van der Waals surface area contributed by atoms with Crippen molar-refractivity contribution in [3.8, 4) is 0 Å². The normalized spacial score (nSPS) is 24.0. The topological polar surface area (TPSA) is 12.0 Å². The first-order chi connectivity index (χ1) is 10.0. The SMILES string of the molecule is CCCNC(c1cc(C)c(F)cc1F)C1CCC(C)CC1. The molecule has 1 aliphatic carbocycles. The van der Waals surface area contributed by atoms with Crippen molar-refractivity contribution in [1.82, 2.24) is 5.32 Å². The van der Waals surface area contributed by atoms with Crippen LogP contribution >= 0.6 is 0 Å². The lowest BCUT2D eigenvalue weighted by Gasteiger charge is -2.34. The Hall–Kier alpha value is -0.960. The molecule has 1 atom stereocenters. The Balaban J connectivity index is 2.25. The van der Waals surface area contributed by atoms with E-state index in [0.717, 1.165) is 37.8 Å². The van der Waals surface area contributed by atoms with Crippen LogP contribution in [0.4, 0.5) is 8.78 Å². The summed E-state index contributed by atoms with van der Waals surface area (Å²) in [5.41, 5.74) is 1.17. The van der Waals surface area contributed by atoms with Crippen molar-refractivity contribution in [1.29, 1.82) is 0 Å². The fraction of sp³-hybridized carbons (Fsp3) is 0.667. The summed E-state index contributed by atoms with van der Waals surface area (Å²) in [5, 5.41) is 3.50. The molecule has 3 heteroatoms. The van der Waals surface area contributed by atoms with Crippen molar-refractivity contribution in [3.63, 3.8) is 0 Å². The second-order valence-electron chi connectivity index (χ2n) is 6.57. The number of aryl methyl sites for hydroxylation is 1. The van der Waals surface area contributed by atoms with E-state index in [1.807, 2.05) is 0 Å². The minimum absolute atomic E-state index is 0.0109. The molecule has 21 heavy (non-hydrogen) atoms. The molecule has 1 fully saturated rings. The molecule has 2 rings (SSSR count). The molecule has 1 unspecified atom stereocenters. The summed E-state index contributed by atoms with van der Waals surface area (Å²) in [6, 6.07) is 2.74. The van der Waals surface area contributed by atoms with Gasteiger partial charge >= 0.3 is 0 Å². The average molecular weight is 295 g/mol. The molecule has 1 aliphatic rings. The van der Waals surface area contributed by atoms with E-state index >= 15 is 0 Å². The van der Waals surface area contributed by atoms with Gasteiger partial charge in [-0.3, -0.25) is 0 Å². The highest BCUT2D eigenvalue weighted by atomic mass is 19.1. The van der Waals surface area contributed by atoms with Gasteiger partial charge in [0.25, 0.3) is 0 Å². The van der Waals surface area contributed by atoms with Gasteiger partial charge in [0.15, 0.2) is 0 Å². The zero-order chi connectivity index (χ0) is 15.4. The maximum Gasteiger partial charge on any atom is 0.130 e. The quantitative estimate of drug-likeness (QED) is 0.793. The molecular weight excluding hydrogens is 268 g/mol. The summed E-state index contributed by atoms with van der Waals surface area (Å²) in [7, 11) is 0. The smallest absolute Gasteiger partial charge is 0.130 e. The van der Waals surface area contributed by atoms with Crippen molar-refractivity contribution in [2.45, 2.75) is 58.9 Å².